The van der Waals surface area contributed by atoms with Crippen molar-refractivity contribution in [3.05, 3.63) is 52.7 Å². The minimum atomic E-state index is -0.00335. The zero-order valence-electron chi connectivity index (χ0n) is 11.9. The first-order valence-corrected chi connectivity index (χ1v) is 8.10. The molecule has 0 bridgehead atoms. The van der Waals surface area contributed by atoms with E-state index in [1.807, 2.05) is 35.2 Å². The second-order valence-electron chi connectivity index (χ2n) is 5.19. The van der Waals surface area contributed by atoms with Gasteiger partial charge in [0.25, 0.3) is 0 Å². The van der Waals surface area contributed by atoms with E-state index in [1.165, 1.54) is 5.56 Å². The molecule has 1 aromatic heterocycles. The van der Waals surface area contributed by atoms with Crippen LogP contribution in [0.25, 0.3) is 0 Å². The molecule has 0 radical (unpaired) electrons. The molecule has 0 atom stereocenters. The van der Waals surface area contributed by atoms with E-state index in [9.17, 15) is 4.79 Å². The Labute approximate surface area is 129 Å². The average molecular weight is 301 g/mol. The molecule has 0 aliphatic carbocycles. The quantitative estimate of drug-likeness (QED) is 0.945. The highest BCUT2D eigenvalue weighted by atomic mass is 32.1. The average Bonchev–Trinajstić information content (AvgIpc) is 3.02. The fraction of sp³-hybridized carbons (Fsp3) is 0.312. The summed E-state index contributed by atoms with van der Waals surface area (Å²) in [7, 11) is 0. The molecule has 1 aliphatic heterocycles. The Hall–Kier alpha value is -1.85. The van der Waals surface area contributed by atoms with E-state index < -0.39 is 0 Å². The van der Waals surface area contributed by atoms with Gasteiger partial charge >= 0.3 is 6.03 Å². The number of nitrogens with zero attached hydrogens (tertiary/aromatic N) is 2. The lowest BCUT2D eigenvalue weighted by Crippen LogP contribution is -2.49. The Bertz CT molecular complexity index is 562. The second-order valence-corrected chi connectivity index (χ2v) is 5.97. The van der Waals surface area contributed by atoms with Crippen molar-refractivity contribution in [2.24, 2.45) is 0 Å². The number of hydrogen-bond acceptors (Lipinski definition) is 3. The van der Waals surface area contributed by atoms with Crippen LogP contribution in [0.4, 0.5) is 10.5 Å². The maximum Gasteiger partial charge on any atom is 0.321 e. The molecule has 1 N–H and O–H groups in total. The molecule has 0 unspecified atom stereocenters. The first kappa shape index (κ1) is 14.1. The van der Waals surface area contributed by atoms with Crippen molar-refractivity contribution in [3.63, 3.8) is 0 Å². The largest absolute Gasteiger partial charge is 0.322 e. The van der Waals surface area contributed by atoms with Gasteiger partial charge in [-0.2, -0.15) is 11.3 Å². The van der Waals surface area contributed by atoms with Crippen molar-refractivity contribution in [2.75, 3.05) is 31.5 Å². The van der Waals surface area contributed by atoms with E-state index in [0.29, 0.717) is 0 Å². The number of hydrogen-bond donors (Lipinski definition) is 1. The van der Waals surface area contributed by atoms with E-state index in [0.717, 1.165) is 38.4 Å². The Morgan fingerprint density at radius 3 is 2.52 bits per heavy atom. The summed E-state index contributed by atoms with van der Waals surface area (Å²) in [6.07, 6.45) is 0. The molecule has 0 spiro atoms. The molecule has 1 fully saturated rings. The van der Waals surface area contributed by atoms with E-state index in [4.69, 9.17) is 0 Å². The molecule has 4 nitrogen and oxygen atoms in total. The van der Waals surface area contributed by atoms with Gasteiger partial charge in [-0.15, -0.1) is 0 Å². The molecular weight excluding hydrogens is 282 g/mol. The minimum Gasteiger partial charge on any atom is -0.322 e. The van der Waals surface area contributed by atoms with Crippen molar-refractivity contribution in [1.29, 1.82) is 0 Å². The lowest BCUT2D eigenvalue weighted by atomic mass is 10.2. The number of para-hydroxylation sites is 1. The lowest BCUT2D eigenvalue weighted by Gasteiger charge is -2.34. The van der Waals surface area contributed by atoms with Crippen LogP contribution < -0.4 is 5.32 Å². The SMILES string of the molecule is O=C(Nc1ccccc1)N1CCN(Cc2ccsc2)CC1. The number of anilines is 1. The fourth-order valence-corrected chi connectivity index (χ4v) is 3.13. The number of carbonyl (C=O) groups excluding carboxylic acids is 1. The van der Waals surface area contributed by atoms with E-state index in [1.54, 1.807) is 11.3 Å². The summed E-state index contributed by atoms with van der Waals surface area (Å²) in [5.41, 5.74) is 2.21. The van der Waals surface area contributed by atoms with Gasteiger partial charge in [-0.1, -0.05) is 18.2 Å². The van der Waals surface area contributed by atoms with Gasteiger partial charge in [0.15, 0.2) is 0 Å². The molecule has 1 saturated heterocycles. The third-order valence-corrected chi connectivity index (χ3v) is 4.40. The predicted molar refractivity (Wildman–Crippen MR) is 86.6 cm³/mol. The first-order chi connectivity index (χ1) is 10.3. The third kappa shape index (κ3) is 3.83. The number of piperazine rings is 1. The summed E-state index contributed by atoms with van der Waals surface area (Å²) < 4.78 is 0. The molecule has 1 aromatic carbocycles. The monoisotopic (exact) mass is 301 g/mol. The van der Waals surface area contributed by atoms with E-state index >= 15 is 0 Å². The van der Waals surface area contributed by atoms with Gasteiger partial charge in [0, 0.05) is 38.4 Å². The maximum absolute atomic E-state index is 12.2. The maximum atomic E-state index is 12.2. The molecule has 110 valence electrons. The van der Waals surface area contributed by atoms with Crippen LogP contribution in [-0.2, 0) is 6.54 Å². The van der Waals surface area contributed by atoms with Crippen LogP contribution in [0.5, 0.6) is 0 Å². The van der Waals surface area contributed by atoms with E-state index in [-0.39, 0.29) is 6.03 Å². The number of benzene rings is 1. The molecule has 2 heterocycles. The van der Waals surface area contributed by atoms with Crippen LogP contribution in [-0.4, -0.2) is 42.0 Å². The molecule has 5 heteroatoms. The minimum absolute atomic E-state index is 0.00335. The smallest absolute Gasteiger partial charge is 0.321 e. The van der Waals surface area contributed by atoms with Gasteiger partial charge in [0.05, 0.1) is 0 Å². The van der Waals surface area contributed by atoms with Gasteiger partial charge in [-0.05, 0) is 34.5 Å². The lowest BCUT2D eigenvalue weighted by molar-refractivity contribution is 0.143. The molecule has 2 aromatic rings. The summed E-state index contributed by atoms with van der Waals surface area (Å²) >= 11 is 1.73. The summed E-state index contributed by atoms with van der Waals surface area (Å²) in [5.74, 6) is 0. The van der Waals surface area contributed by atoms with Crippen molar-refractivity contribution in [3.8, 4) is 0 Å². The van der Waals surface area contributed by atoms with Crippen LogP contribution in [0, 0.1) is 0 Å². The number of nitrogens with one attached hydrogen (secondary N) is 1. The zero-order valence-corrected chi connectivity index (χ0v) is 12.7. The fourth-order valence-electron chi connectivity index (χ4n) is 2.47. The number of rotatable bonds is 3. The molecule has 1 aliphatic rings. The zero-order chi connectivity index (χ0) is 14.5. The first-order valence-electron chi connectivity index (χ1n) is 7.16. The summed E-state index contributed by atoms with van der Waals surface area (Å²) in [4.78, 5) is 16.5. The van der Waals surface area contributed by atoms with Gasteiger partial charge in [0.2, 0.25) is 0 Å². The highest BCUT2D eigenvalue weighted by Gasteiger charge is 2.21. The molecular formula is C16H19N3OS. The van der Waals surface area contributed by atoms with Crippen molar-refractivity contribution >= 4 is 23.1 Å². The predicted octanol–water partition coefficient (Wildman–Crippen LogP) is 3.10. The summed E-state index contributed by atoms with van der Waals surface area (Å²) in [6.45, 7) is 4.40. The Kier molecular flexibility index (Phi) is 4.52. The van der Waals surface area contributed by atoms with Crippen LogP contribution in [0.15, 0.2) is 47.2 Å². The second kappa shape index (κ2) is 6.74. The van der Waals surface area contributed by atoms with Crippen molar-refractivity contribution < 1.29 is 4.79 Å². The van der Waals surface area contributed by atoms with Crippen LogP contribution >= 0.6 is 11.3 Å². The normalized spacial score (nSPS) is 15.9. The Balaban J connectivity index is 1.48. The number of amides is 2. The Morgan fingerprint density at radius 1 is 1.10 bits per heavy atom. The van der Waals surface area contributed by atoms with Crippen LogP contribution in [0.2, 0.25) is 0 Å². The van der Waals surface area contributed by atoms with Crippen molar-refractivity contribution in [1.82, 2.24) is 9.80 Å². The molecule has 2 amide bonds. The van der Waals surface area contributed by atoms with Gasteiger partial charge in [-0.25, -0.2) is 4.79 Å². The van der Waals surface area contributed by atoms with Crippen LogP contribution in [0.1, 0.15) is 5.56 Å². The Morgan fingerprint density at radius 2 is 1.86 bits per heavy atom. The van der Waals surface area contributed by atoms with Gasteiger partial charge in [0.1, 0.15) is 0 Å². The van der Waals surface area contributed by atoms with Gasteiger partial charge < -0.3 is 10.2 Å². The molecule has 21 heavy (non-hydrogen) atoms. The third-order valence-electron chi connectivity index (χ3n) is 3.67. The van der Waals surface area contributed by atoms with Gasteiger partial charge in [-0.3, -0.25) is 4.90 Å². The standard InChI is InChI=1S/C16H19N3OS/c20-16(17-15-4-2-1-3-5-15)19-9-7-18(8-10-19)12-14-6-11-21-13-14/h1-6,11,13H,7-10,12H2,(H,17,20). The highest BCUT2D eigenvalue weighted by Crippen LogP contribution is 2.13. The van der Waals surface area contributed by atoms with Crippen molar-refractivity contribution in [2.45, 2.75) is 6.54 Å². The molecule has 0 saturated carbocycles. The topological polar surface area (TPSA) is 35.6 Å². The number of thiophene rings is 1. The number of urea groups is 1. The summed E-state index contributed by atoms with van der Waals surface area (Å²) in [5, 5.41) is 7.24. The summed E-state index contributed by atoms with van der Waals surface area (Å²) in [6, 6.07) is 11.8. The molecule has 3 rings (SSSR count). The number of carbonyl (C=O) groups is 1. The van der Waals surface area contributed by atoms with E-state index in [2.05, 4.69) is 27.0 Å². The highest BCUT2D eigenvalue weighted by molar-refractivity contribution is 7.07. The van der Waals surface area contributed by atoms with Crippen LogP contribution in [0.3, 0.4) is 0 Å².